The topological polar surface area (TPSA) is 85.2 Å². The van der Waals surface area contributed by atoms with Crippen molar-refractivity contribution in [2.24, 2.45) is 0 Å². The smallest absolute Gasteiger partial charge is 0.338 e. The number of carbonyl (C=O) groups is 1. The van der Waals surface area contributed by atoms with Crippen LogP contribution in [-0.4, -0.2) is 53.0 Å². The number of aliphatic hydroxyl groups excluding tert-OH is 2. The van der Waals surface area contributed by atoms with Gasteiger partial charge in [-0.15, -0.1) is 0 Å². The molecule has 0 bridgehead atoms. The van der Waals surface area contributed by atoms with Gasteiger partial charge in [-0.1, -0.05) is 6.42 Å². The first-order valence-electron chi connectivity index (χ1n) is 6.50. The Morgan fingerprint density at radius 3 is 2.50 bits per heavy atom. The summed E-state index contributed by atoms with van der Waals surface area (Å²) in [5, 5.41) is 19.0. The van der Waals surface area contributed by atoms with Gasteiger partial charge in [0.05, 0.1) is 6.61 Å². The summed E-state index contributed by atoms with van der Waals surface area (Å²) in [4.78, 5) is 11.5. The van der Waals surface area contributed by atoms with E-state index in [-0.39, 0.29) is 6.61 Å². The van der Waals surface area contributed by atoms with Crippen molar-refractivity contribution >= 4 is 5.97 Å². The first kappa shape index (κ1) is 12.3. The summed E-state index contributed by atoms with van der Waals surface area (Å²) < 4.78 is 16.7. The second-order valence-corrected chi connectivity index (χ2v) is 5.24. The third-order valence-electron chi connectivity index (χ3n) is 4.01. The number of fused-ring (bicyclic) bond motifs is 1. The van der Waals surface area contributed by atoms with Crippen LogP contribution in [0.3, 0.4) is 0 Å². The van der Waals surface area contributed by atoms with Gasteiger partial charge in [-0.25, -0.2) is 4.79 Å². The molecule has 102 valence electrons. The molecule has 3 fully saturated rings. The molecule has 1 aliphatic carbocycles. The fourth-order valence-corrected chi connectivity index (χ4v) is 3.08. The normalized spacial score (nSPS) is 42.7. The van der Waals surface area contributed by atoms with Crippen LogP contribution in [0.1, 0.15) is 32.1 Å². The monoisotopic (exact) mass is 258 g/mol. The molecule has 2 aliphatic heterocycles. The minimum absolute atomic E-state index is 0.320. The predicted molar refractivity (Wildman–Crippen MR) is 58.5 cm³/mol. The van der Waals surface area contributed by atoms with E-state index in [2.05, 4.69) is 0 Å². The van der Waals surface area contributed by atoms with Crippen LogP contribution in [0.25, 0.3) is 0 Å². The van der Waals surface area contributed by atoms with Crippen molar-refractivity contribution in [3.05, 3.63) is 0 Å². The Kier molecular flexibility index (Phi) is 3.05. The van der Waals surface area contributed by atoms with Crippen molar-refractivity contribution < 1.29 is 29.2 Å². The van der Waals surface area contributed by atoms with E-state index in [0.717, 1.165) is 32.1 Å². The highest BCUT2D eigenvalue weighted by molar-refractivity contribution is 5.76. The second-order valence-electron chi connectivity index (χ2n) is 5.24. The number of aliphatic hydroxyl groups is 2. The zero-order valence-electron chi connectivity index (χ0n) is 10.1. The van der Waals surface area contributed by atoms with Gasteiger partial charge in [0.1, 0.15) is 12.2 Å². The van der Waals surface area contributed by atoms with Crippen LogP contribution >= 0.6 is 0 Å². The molecule has 3 rings (SSSR count). The Morgan fingerprint density at radius 1 is 1.17 bits per heavy atom. The summed E-state index contributed by atoms with van der Waals surface area (Å²) in [6.07, 6.45) is 1.33. The van der Waals surface area contributed by atoms with Crippen molar-refractivity contribution in [1.29, 1.82) is 0 Å². The van der Waals surface area contributed by atoms with E-state index < -0.39 is 36.2 Å². The van der Waals surface area contributed by atoms with E-state index in [1.807, 2.05) is 0 Å². The van der Waals surface area contributed by atoms with Crippen LogP contribution in [0.2, 0.25) is 0 Å². The fraction of sp³-hybridized carbons (Fsp3) is 0.917. The first-order chi connectivity index (χ1) is 8.65. The minimum atomic E-state index is -1.32. The quantitative estimate of drug-likeness (QED) is 0.629. The number of hydrogen-bond acceptors (Lipinski definition) is 6. The van der Waals surface area contributed by atoms with Gasteiger partial charge in [-0.05, 0) is 12.8 Å². The van der Waals surface area contributed by atoms with Gasteiger partial charge in [0.25, 0.3) is 0 Å². The molecule has 0 aromatic heterocycles. The number of cyclic esters (lactones) is 1. The van der Waals surface area contributed by atoms with Crippen molar-refractivity contribution in [3.8, 4) is 0 Å². The van der Waals surface area contributed by atoms with Gasteiger partial charge in [0.2, 0.25) is 0 Å². The number of hydrogen-bond donors (Lipinski definition) is 2. The molecule has 0 aromatic rings. The molecule has 2 saturated heterocycles. The average molecular weight is 258 g/mol. The first-order valence-corrected chi connectivity index (χ1v) is 6.50. The van der Waals surface area contributed by atoms with E-state index in [9.17, 15) is 15.0 Å². The number of ether oxygens (including phenoxy) is 3. The van der Waals surface area contributed by atoms with Crippen molar-refractivity contribution in [2.75, 3.05) is 6.61 Å². The van der Waals surface area contributed by atoms with E-state index in [1.54, 1.807) is 0 Å². The molecule has 2 N–H and O–H groups in total. The molecular weight excluding hydrogens is 240 g/mol. The maximum Gasteiger partial charge on any atom is 0.338 e. The molecule has 0 amide bonds. The number of rotatable bonds is 1. The lowest BCUT2D eigenvalue weighted by Gasteiger charge is -2.32. The van der Waals surface area contributed by atoms with Gasteiger partial charge in [-0.2, -0.15) is 0 Å². The molecule has 0 aromatic carbocycles. The summed E-state index contributed by atoms with van der Waals surface area (Å²) in [6.45, 7) is -0.320. The Morgan fingerprint density at radius 2 is 1.83 bits per heavy atom. The zero-order chi connectivity index (χ0) is 12.8. The van der Waals surface area contributed by atoms with E-state index in [1.165, 1.54) is 0 Å². The fourth-order valence-electron chi connectivity index (χ4n) is 3.08. The Balaban J connectivity index is 1.82. The summed E-state index contributed by atoms with van der Waals surface area (Å²) in [5.41, 5.74) is 0. The van der Waals surface area contributed by atoms with Crippen LogP contribution in [-0.2, 0) is 19.0 Å². The molecular formula is C12H18O6. The lowest BCUT2D eigenvalue weighted by molar-refractivity contribution is -0.200. The summed E-state index contributed by atoms with van der Waals surface area (Å²) in [7, 11) is 0. The summed E-state index contributed by atoms with van der Waals surface area (Å²) in [5.74, 6) is -1.44. The number of esters is 1. The van der Waals surface area contributed by atoms with Gasteiger partial charge >= 0.3 is 5.97 Å². The second kappa shape index (κ2) is 4.45. The van der Waals surface area contributed by atoms with E-state index in [0.29, 0.717) is 0 Å². The molecule has 2 heterocycles. The highest BCUT2D eigenvalue weighted by Crippen LogP contribution is 2.43. The minimum Gasteiger partial charge on any atom is -0.455 e. The van der Waals surface area contributed by atoms with Gasteiger partial charge in [0, 0.05) is 12.8 Å². The lowest BCUT2D eigenvalue weighted by Crippen LogP contribution is -2.55. The number of carbonyl (C=O) groups excluding carboxylic acids is 1. The highest BCUT2D eigenvalue weighted by atomic mass is 16.8. The van der Waals surface area contributed by atoms with Gasteiger partial charge in [0.15, 0.2) is 18.0 Å². The maximum absolute atomic E-state index is 11.5. The SMILES string of the molecule is O=C1O[C@H](CO)[C@H]2OC3(CCCCC3)O[C@H]2[C@@H]1O. The molecule has 6 heteroatoms. The van der Waals surface area contributed by atoms with E-state index >= 15 is 0 Å². The molecule has 4 atom stereocenters. The standard InChI is InChI=1S/C12H18O6/c13-6-7-9-10(8(14)11(15)16-7)18-12(17-9)4-2-1-3-5-12/h7-10,13-14H,1-6H2/t7-,8+,9-,10+/m1/s1. The Hall–Kier alpha value is -0.690. The van der Waals surface area contributed by atoms with E-state index in [4.69, 9.17) is 14.2 Å². The Labute approximate surface area is 105 Å². The molecule has 1 saturated carbocycles. The van der Waals surface area contributed by atoms with Crippen molar-refractivity contribution in [3.63, 3.8) is 0 Å². The van der Waals surface area contributed by atoms with Gasteiger partial charge in [-0.3, -0.25) is 0 Å². The third-order valence-corrected chi connectivity index (χ3v) is 4.01. The molecule has 6 nitrogen and oxygen atoms in total. The zero-order valence-corrected chi connectivity index (χ0v) is 10.1. The van der Waals surface area contributed by atoms with Crippen LogP contribution in [0.15, 0.2) is 0 Å². The predicted octanol–water partition coefficient (Wildman–Crippen LogP) is -0.291. The molecule has 0 unspecified atom stereocenters. The lowest BCUT2D eigenvalue weighted by atomic mass is 9.94. The molecule has 0 radical (unpaired) electrons. The van der Waals surface area contributed by atoms with Crippen LogP contribution in [0.5, 0.6) is 0 Å². The van der Waals surface area contributed by atoms with Crippen LogP contribution in [0.4, 0.5) is 0 Å². The maximum atomic E-state index is 11.5. The van der Waals surface area contributed by atoms with Crippen molar-refractivity contribution in [2.45, 2.75) is 62.3 Å². The highest BCUT2D eigenvalue weighted by Gasteiger charge is 2.58. The third kappa shape index (κ3) is 1.84. The summed E-state index contributed by atoms with van der Waals surface area (Å²) >= 11 is 0. The van der Waals surface area contributed by atoms with Gasteiger partial charge < -0.3 is 24.4 Å². The Bertz CT molecular complexity index is 337. The molecule has 1 spiro atoms. The van der Waals surface area contributed by atoms with Crippen LogP contribution in [0, 0.1) is 0 Å². The average Bonchev–Trinajstić information content (AvgIpc) is 2.74. The largest absolute Gasteiger partial charge is 0.455 e. The summed E-state index contributed by atoms with van der Waals surface area (Å²) in [6, 6.07) is 0. The molecule has 3 aliphatic rings. The van der Waals surface area contributed by atoms with Crippen molar-refractivity contribution in [1.82, 2.24) is 0 Å². The van der Waals surface area contributed by atoms with Crippen LogP contribution < -0.4 is 0 Å². The molecule has 18 heavy (non-hydrogen) atoms.